The normalized spacial score (nSPS) is 20.8. The summed E-state index contributed by atoms with van der Waals surface area (Å²) in [5.74, 6) is -1.59. The molecule has 1 aromatic rings. The quantitative estimate of drug-likeness (QED) is 0.858. The fraction of sp³-hybridized carbons (Fsp3) is 0.556. The lowest BCUT2D eigenvalue weighted by molar-refractivity contribution is -0.137. The molecule has 1 saturated heterocycles. The van der Waals surface area contributed by atoms with Crippen molar-refractivity contribution < 1.29 is 23.1 Å². The highest BCUT2D eigenvalue weighted by Gasteiger charge is 2.38. The smallest absolute Gasteiger partial charge is 0.443 e. The highest BCUT2D eigenvalue weighted by Crippen LogP contribution is 2.37. The third kappa shape index (κ3) is 2.42. The van der Waals surface area contributed by atoms with Gasteiger partial charge in [-0.25, -0.2) is 9.78 Å². The van der Waals surface area contributed by atoms with Crippen LogP contribution in [0.2, 0.25) is 0 Å². The summed E-state index contributed by atoms with van der Waals surface area (Å²) in [6.45, 7) is 1.14. The van der Waals surface area contributed by atoms with Gasteiger partial charge in [0.05, 0.1) is 5.69 Å². The third-order valence-corrected chi connectivity index (χ3v) is 3.64. The van der Waals surface area contributed by atoms with Crippen LogP contribution in [0.5, 0.6) is 0 Å². The maximum atomic E-state index is 12.5. The molecule has 0 bridgehead atoms. The van der Waals surface area contributed by atoms with Crippen LogP contribution in [0, 0.1) is 0 Å². The molecule has 0 spiro atoms. The van der Waals surface area contributed by atoms with Crippen molar-refractivity contribution in [3.8, 4) is 0 Å². The van der Waals surface area contributed by atoms with E-state index in [4.69, 9.17) is 5.11 Å². The summed E-state index contributed by atoms with van der Waals surface area (Å²) >= 11 is 0.198. The van der Waals surface area contributed by atoms with E-state index in [0.29, 0.717) is 19.5 Å². The summed E-state index contributed by atoms with van der Waals surface area (Å²) in [6.07, 6.45) is -3.97. The standard InChI is InChI=1S/C9H9F3N2O2S/c10-9(11,12)8-14-5(4-1-2-13-3-4)6(17-8)7(15)16/h4,13H,1-3H2,(H,15,16). The molecule has 4 nitrogen and oxygen atoms in total. The van der Waals surface area contributed by atoms with Crippen LogP contribution in [0.1, 0.15) is 32.7 Å². The summed E-state index contributed by atoms with van der Waals surface area (Å²) in [4.78, 5) is 14.1. The molecule has 1 aromatic heterocycles. The molecule has 8 heteroatoms. The minimum atomic E-state index is -4.58. The summed E-state index contributed by atoms with van der Waals surface area (Å²) in [5, 5.41) is 10.8. The second-order valence-electron chi connectivity index (χ2n) is 3.73. The number of hydrogen-bond acceptors (Lipinski definition) is 4. The van der Waals surface area contributed by atoms with E-state index in [-0.39, 0.29) is 27.8 Å². The largest absolute Gasteiger partial charge is 0.477 e. The monoisotopic (exact) mass is 266 g/mol. The average Bonchev–Trinajstić information content (AvgIpc) is 2.85. The minimum Gasteiger partial charge on any atom is -0.477 e. The molecule has 1 unspecified atom stereocenters. The molecule has 94 valence electrons. The topological polar surface area (TPSA) is 62.2 Å². The molecule has 2 heterocycles. The number of aromatic nitrogens is 1. The lowest BCUT2D eigenvalue weighted by Gasteiger charge is -2.05. The Morgan fingerprint density at radius 2 is 2.24 bits per heavy atom. The van der Waals surface area contributed by atoms with Crippen LogP contribution in [-0.4, -0.2) is 29.1 Å². The molecular formula is C9H9F3N2O2S. The number of halogens is 3. The van der Waals surface area contributed by atoms with Crippen LogP contribution in [-0.2, 0) is 6.18 Å². The number of thiazole rings is 1. The van der Waals surface area contributed by atoms with E-state index in [2.05, 4.69) is 10.3 Å². The molecule has 1 aliphatic heterocycles. The predicted octanol–water partition coefficient (Wildman–Crippen LogP) is 1.94. The fourth-order valence-corrected chi connectivity index (χ4v) is 2.63. The molecule has 17 heavy (non-hydrogen) atoms. The number of aromatic carboxylic acids is 1. The Hall–Kier alpha value is -1.15. The van der Waals surface area contributed by atoms with Crippen LogP contribution in [0.25, 0.3) is 0 Å². The number of carboxylic acids is 1. The summed E-state index contributed by atoms with van der Waals surface area (Å²) in [6, 6.07) is 0. The third-order valence-electron chi connectivity index (χ3n) is 2.54. The Kier molecular flexibility index (Phi) is 3.09. The van der Waals surface area contributed by atoms with E-state index in [9.17, 15) is 18.0 Å². The van der Waals surface area contributed by atoms with Gasteiger partial charge in [-0.2, -0.15) is 13.2 Å². The number of hydrogen-bond donors (Lipinski definition) is 2. The van der Waals surface area contributed by atoms with Gasteiger partial charge in [0.25, 0.3) is 0 Å². The fourth-order valence-electron chi connectivity index (χ4n) is 1.77. The second-order valence-corrected chi connectivity index (χ2v) is 4.73. The predicted molar refractivity (Wildman–Crippen MR) is 54.3 cm³/mol. The Morgan fingerprint density at radius 3 is 2.71 bits per heavy atom. The molecule has 0 amide bonds. The molecule has 1 atom stereocenters. The molecule has 2 rings (SSSR count). The van der Waals surface area contributed by atoms with Crippen LogP contribution >= 0.6 is 11.3 Å². The molecule has 0 aromatic carbocycles. The zero-order valence-electron chi connectivity index (χ0n) is 8.54. The van der Waals surface area contributed by atoms with Crippen LogP contribution in [0.4, 0.5) is 13.2 Å². The molecule has 0 saturated carbocycles. The van der Waals surface area contributed by atoms with Crippen molar-refractivity contribution in [1.29, 1.82) is 0 Å². The Balaban J connectivity index is 2.42. The van der Waals surface area contributed by atoms with Crippen molar-refractivity contribution in [2.24, 2.45) is 0 Å². The van der Waals surface area contributed by atoms with Crippen molar-refractivity contribution in [1.82, 2.24) is 10.3 Å². The number of nitrogens with zero attached hydrogens (tertiary/aromatic N) is 1. The molecule has 0 aliphatic carbocycles. The van der Waals surface area contributed by atoms with Gasteiger partial charge in [-0.05, 0) is 13.0 Å². The maximum absolute atomic E-state index is 12.5. The molecule has 1 aliphatic rings. The van der Waals surface area contributed by atoms with Crippen molar-refractivity contribution in [2.45, 2.75) is 18.5 Å². The average molecular weight is 266 g/mol. The van der Waals surface area contributed by atoms with Gasteiger partial charge in [0, 0.05) is 12.5 Å². The van der Waals surface area contributed by atoms with E-state index in [1.165, 1.54) is 0 Å². The van der Waals surface area contributed by atoms with Crippen LogP contribution in [0.15, 0.2) is 0 Å². The number of carbonyl (C=O) groups is 1. The Morgan fingerprint density at radius 1 is 1.53 bits per heavy atom. The van der Waals surface area contributed by atoms with Crippen molar-refractivity contribution in [3.05, 3.63) is 15.6 Å². The van der Waals surface area contributed by atoms with Crippen LogP contribution in [0.3, 0.4) is 0 Å². The van der Waals surface area contributed by atoms with Gasteiger partial charge in [-0.15, -0.1) is 11.3 Å². The lowest BCUT2D eigenvalue weighted by atomic mass is 10.0. The van der Waals surface area contributed by atoms with Gasteiger partial charge in [-0.3, -0.25) is 0 Å². The van der Waals surface area contributed by atoms with Gasteiger partial charge in [0.15, 0.2) is 5.01 Å². The number of nitrogens with one attached hydrogen (secondary N) is 1. The lowest BCUT2D eigenvalue weighted by Crippen LogP contribution is -2.11. The van der Waals surface area contributed by atoms with Crippen molar-refractivity contribution >= 4 is 17.3 Å². The summed E-state index contributed by atoms with van der Waals surface area (Å²) in [5.41, 5.74) is 0.0554. The first kappa shape index (κ1) is 12.3. The van der Waals surface area contributed by atoms with Gasteiger partial charge in [-0.1, -0.05) is 0 Å². The SMILES string of the molecule is O=C(O)c1sc(C(F)(F)F)nc1C1CCNC1. The highest BCUT2D eigenvalue weighted by molar-refractivity contribution is 7.13. The van der Waals surface area contributed by atoms with Gasteiger partial charge in [0.2, 0.25) is 0 Å². The van der Waals surface area contributed by atoms with E-state index >= 15 is 0 Å². The first-order valence-electron chi connectivity index (χ1n) is 4.91. The van der Waals surface area contributed by atoms with Gasteiger partial charge < -0.3 is 10.4 Å². The Labute approximate surface area is 98.5 Å². The van der Waals surface area contributed by atoms with E-state index < -0.39 is 17.2 Å². The summed E-state index contributed by atoms with van der Waals surface area (Å²) < 4.78 is 37.4. The second kappa shape index (κ2) is 4.26. The highest BCUT2D eigenvalue weighted by atomic mass is 32.1. The molecule has 2 N–H and O–H groups in total. The van der Waals surface area contributed by atoms with E-state index in [0.717, 1.165) is 0 Å². The van der Waals surface area contributed by atoms with Gasteiger partial charge >= 0.3 is 12.1 Å². The zero-order valence-corrected chi connectivity index (χ0v) is 9.36. The van der Waals surface area contributed by atoms with Crippen molar-refractivity contribution in [3.63, 3.8) is 0 Å². The van der Waals surface area contributed by atoms with Crippen molar-refractivity contribution in [2.75, 3.05) is 13.1 Å². The molecular weight excluding hydrogens is 257 g/mol. The Bertz CT molecular complexity index is 438. The van der Waals surface area contributed by atoms with Crippen LogP contribution < -0.4 is 5.32 Å². The molecule has 0 radical (unpaired) electrons. The molecule has 1 fully saturated rings. The van der Waals surface area contributed by atoms with E-state index in [1.54, 1.807) is 0 Å². The number of carboxylic acid groups (broad SMARTS) is 1. The number of rotatable bonds is 2. The van der Waals surface area contributed by atoms with E-state index in [1.807, 2.05) is 0 Å². The maximum Gasteiger partial charge on any atom is 0.443 e. The first-order valence-corrected chi connectivity index (χ1v) is 5.73. The van der Waals surface area contributed by atoms with Gasteiger partial charge in [0.1, 0.15) is 4.88 Å². The zero-order chi connectivity index (χ0) is 12.6. The summed E-state index contributed by atoms with van der Waals surface area (Å²) in [7, 11) is 0. The minimum absolute atomic E-state index is 0.0554. The first-order chi connectivity index (χ1) is 7.89. The number of alkyl halides is 3.